The maximum absolute atomic E-state index is 11.9. The van der Waals surface area contributed by atoms with Crippen LogP contribution in [0, 0.1) is 5.92 Å². The molecule has 7 heteroatoms. The Bertz CT molecular complexity index is 558. The van der Waals surface area contributed by atoms with Gasteiger partial charge in [0.05, 0.1) is 6.54 Å². The average molecular weight is 340 g/mol. The summed E-state index contributed by atoms with van der Waals surface area (Å²) < 4.78 is 0. The number of benzene rings is 1. The Morgan fingerprint density at radius 1 is 1.17 bits per heavy atom. The van der Waals surface area contributed by atoms with Gasteiger partial charge in [-0.25, -0.2) is 0 Å². The summed E-state index contributed by atoms with van der Waals surface area (Å²) in [5, 5.41) is 5.80. The van der Waals surface area contributed by atoms with Crippen LogP contribution in [-0.2, 0) is 20.9 Å². The topological polar surface area (TPSA) is 78.5 Å². The molecule has 2 N–H and O–H groups in total. The lowest BCUT2D eigenvalue weighted by Gasteiger charge is -2.15. The summed E-state index contributed by atoms with van der Waals surface area (Å²) in [6.45, 7) is 2.76. The number of rotatable bonds is 6. The van der Waals surface area contributed by atoms with Crippen molar-refractivity contribution in [1.82, 2.24) is 10.2 Å². The number of halogens is 1. The fourth-order valence-corrected chi connectivity index (χ4v) is 2.34. The third-order valence-electron chi connectivity index (χ3n) is 3.67. The molecule has 1 unspecified atom stereocenters. The van der Waals surface area contributed by atoms with E-state index in [9.17, 15) is 14.4 Å². The molecule has 23 heavy (non-hydrogen) atoms. The van der Waals surface area contributed by atoms with E-state index in [1.54, 1.807) is 19.2 Å². The fraction of sp³-hybridized carbons (Fsp3) is 0.438. The van der Waals surface area contributed by atoms with E-state index in [-0.39, 0.29) is 36.0 Å². The van der Waals surface area contributed by atoms with Crippen molar-refractivity contribution in [1.29, 1.82) is 0 Å². The lowest BCUT2D eigenvalue weighted by molar-refractivity contribution is -0.139. The van der Waals surface area contributed by atoms with E-state index in [1.165, 1.54) is 4.90 Å². The van der Waals surface area contributed by atoms with Crippen molar-refractivity contribution in [2.45, 2.75) is 26.3 Å². The van der Waals surface area contributed by atoms with Gasteiger partial charge in [0.1, 0.15) is 0 Å². The van der Waals surface area contributed by atoms with Gasteiger partial charge >= 0.3 is 0 Å². The first-order valence-electron chi connectivity index (χ1n) is 7.39. The number of nitrogens with zero attached hydrogens (tertiary/aromatic N) is 1. The van der Waals surface area contributed by atoms with Crippen LogP contribution >= 0.6 is 12.4 Å². The lowest BCUT2D eigenvalue weighted by atomic mass is 10.1. The average Bonchev–Trinajstić information content (AvgIpc) is 2.81. The van der Waals surface area contributed by atoms with Gasteiger partial charge in [-0.3, -0.25) is 19.3 Å². The van der Waals surface area contributed by atoms with Crippen molar-refractivity contribution >= 4 is 35.8 Å². The van der Waals surface area contributed by atoms with Crippen LogP contribution in [0.15, 0.2) is 24.3 Å². The number of likely N-dealkylation sites (tertiary alicyclic amines) is 1. The van der Waals surface area contributed by atoms with Gasteiger partial charge in [0, 0.05) is 31.0 Å². The highest BCUT2D eigenvalue weighted by Gasteiger charge is 2.28. The minimum Gasteiger partial charge on any atom is -0.326 e. The highest BCUT2D eigenvalue weighted by Crippen LogP contribution is 2.17. The number of imide groups is 1. The van der Waals surface area contributed by atoms with Crippen molar-refractivity contribution in [2.24, 2.45) is 5.92 Å². The first-order valence-corrected chi connectivity index (χ1v) is 7.39. The second-order valence-corrected chi connectivity index (χ2v) is 5.52. The second-order valence-electron chi connectivity index (χ2n) is 5.52. The molecule has 1 aliphatic rings. The zero-order valence-electron chi connectivity index (χ0n) is 13.3. The lowest BCUT2D eigenvalue weighted by Crippen LogP contribution is -2.29. The van der Waals surface area contributed by atoms with Gasteiger partial charge in [0.25, 0.3) is 0 Å². The van der Waals surface area contributed by atoms with Gasteiger partial charge in [-0.05, 0) is 24.7 Å². The Labute approximate surface area is 142 Å². The molecular formula is C16H22ClN3O3. The van der Waals surface area contributed by atoms with Crippen LogP contribution in [0.3, 0.4) is 0 Å². The summed E-state index contributed by atoms with van der Waals surface area (Å²) >= 11 is 0. The molecule has 6 nitrogen and oxygen atoms in total. The normalized spacial score (nSPS) is 15.3. The van der Waals surface area contributed by atoms with E-state index in [4.69, 9.17) is 0 Å². The summed E-state index contributed by atoms with van der Waals surface area (Å²) in [7, 11) is 1.81. The van der Waals surface area contributed by atoms with Gasteiger partial charge in [-0.15, -0.1) is 12.4 Å². The Morgan fingerprint density at radius 2 is 1.74 bits per heavy atom. The van der Waals surface area contributed by atoms with Gasteiger partial charge in [0.2, 0.25) is 17.7 Å². The molecule has 1 saturated heterocycles. The first kappa shape index (κ1) is 19.1. The third kappa shape index (κ3) is 5.04. The zero-order chi connectivity index (χ0) is 16.1. The van der Waals surface area contributed by atoms with Crippen LogP contribution in [0.2, 0.25) is 0 Å². The number of carbonyl (C=O) groups is 3. The van der Waals surface area contributed by atoms with Gasteiger partial charge in [-0.2, -0.15) is 0 Å². The van der Waals surface area contributed by atoms with E-state index in [0.29, 0.717) is 31.6 Å². The van der Waals surface area contributed by atoms with Crippen LogP contribution < -0.4 is 10.6 Å². The molecule has 1 fully saturated rings. The number of carbonyl (C=O) groups excluding carboxylic acids is 3. The minimum absolute atomic E-state index is 0. The molecule has 1 aromatic rings. The summed E-state index contributed by atoms with van der Waals surface area (Å²) in [5.41, 5.74) is 1.57. The van der Waals surface area contributed by atoms with E-state index >= 15 is 0 Å². The Kier molecular flexibility index (Phi) is 7.19. The van der Waals surface area contributed by atoms with Gasteiger partial charge in [0.15, 0.2) is 0 Å². The molecule has 0 saturated carbocycles. The van der Waals surface area contributed by atoms with Crippen LogP contribution in [0.1, 0.15) is 25.3 Å². The Hall–Kier alpha value is -1.92. The molecule has 1 heterocycles. The molecule has 0 aromatic heterocycles. The van der Waals surface area contributed by atoms with Gasteiger partial charge in [-0.1, -0.05) is 19.1 Å². The molecule has 3 amide bonds. The number of amides is 3. The standard InChI is InChI=1S/C16H21N3O3.ClH/c1-11(9-17-2)16(22)18-13-5-3-12(4-6-13)10-19-14(20)7-8-15(19)21;/h3-6,11,17H,7-10H2,1-2H3,(H,18,22);1H. The van der Waals surface area contributed by atoms with E-state index in [1.807, 2.05) is 19.1 Å². The largest absolute Gasteiger partial charge is 0.326 e. The molecule has 0 bridgehead atoms. The van der Waals surface area contributed by atoms with E-state index in [0.717, 1.165) is 5.56 Å². The zero-order valence-corrected chi connectivity index (χ0v) is 14.1. The van der Waals surface area contributed by atoms with Crippen molar-refractivity contribution < 1.29 is 14.4 Å². The quantitative estimate of drug-likeness (QED) is 0.771. The van der Waals surface area contributed by atoms with Crippen molar-refractivity contribution in [3.8, 4) is 0 Å². The third-order valence-corrected chi connectivity index (χ3v) is 3.67. The molecular weight excluding hydrogens is 318 g/mol. The first-order chi connectivity index (χ1) is 10.5. The van der Waals surface area contributed by atoms with Crippen molar-refractivity contribution in [3.05, 3.63) is 29.8 Å². The number of hydrogen-bond donors (Lipinski definition) is 2. The van der Waals surface area contributed by atoms with Crippen LogP contribution in [0.5, 0.6) is 0 Å². The van der Waals surface area contributed by atoms with Crippen LogP contribution in [-0.4, -0.2) is 36.2 Å². The summed E-state index contributed by atoms with van der Waals surface area (Å²) in [6, 6.07) is 7.20. The summed E-state index contributed by atoms with van der Waals surface area (Å²) in [4.78, 5) is 36.3. The molecule has 1 aromatic carbocycles. The molecule has 0 radical (unpaired) electrons. The smallest absolute Gasteiger partial charge is 0.229 e. The van der Waals surface area contributed by atoms with E-state index in [2.05, 4.69) is 10.6 Å². The van der Waals surface area contributed by atoms with E-state index < -0.39 is 0 Å². The number of anilines is 1. The highest BCUT2D eigenvalue weighted by atomic mass is 35.5. The van der Waals surface area contributed by atoms with Crippen molar-refractivity contribution in [2.75, 3.05) is 18.9 Å². The second kappa shape index (κ2) is 8.64. The molecule has 126 valence electrons. The maximum atomic E-state index is 11.9. The molecule has 0 spiro atoms. The van der Waals surface area contributed by atoms with Crippen molar-refractivity contribution in [3.63, 3.8) is 0 Å². The number of nitrogens with one attached hydrogen (secondary N) is 2. The monoisotopic (exact) mass is 339 g/mol. The SMILES string of the molecule is CNCC(C)C(=O)Nc1ccc(CN2C(=O)CCC2=O)cc1.Cl. The minimum atomic E-state index is -0.122. The predicted octanol–water partition coefficient (Wildman–Crippen LogP) is 1.55. The predicted molar refractivity (Wildman–Crippen MR) is 90.2 cm³/mol. The molecule has 1 atom stereocenters. The Morgan fingerprint density at radius 3 is 2.26 bits per heavy atom. The van der Waals surface area contributed by atoms with Crippen LogP contribution in [0.25, 0.3) is 0 Å². The molecule has 0 aliphatic carbocycles. The number of hydrogen-bond acceptors (Lipinski definition) is 4. The summed E-state index contributed by atoms with van der Waals surface area (Å²) in [6.07, 6.45) is 0.604. The molecule has 1 aliphatic heterocycles. The fourth-order valence-electron chi connectivity index (χ4n) is 2.34. The maximum Gasteiger partial charge on any atom is 0.229 e. The Balaban J connectivity index is 0.00000264. The summed E-state index contributed by atoms with van der Waals surface area (Å²) in [5.74, 6) is -0.414. The molecule has 2 rings (SSSR count). The van der Waals surface area contributed by atoms with Gasteiger partial charge < -0.3 is 10.6 Å². The highest BCUT2D eigenvalue weighted by molar-refractivity contribution is 6.01. The van der Waals surface area contributed by atoms with Crippen LogP contribution in [0.4, 0.5) is 5.69 Å².